The lowest BCUT2D eigenvalue weighted by molar-refractivity contribution is 0.0943. The molecule has 178 valence electrons. The van der Waals surface area contributed by atoms with Crippen molar-refractivity contribution in [2.45, 2.75) is 39.3 Å². The Hall–Kier alpha value is -3.98. The van der Waals surface area contributed by atoms with E-state index in [9.17, 15) is 14.4 Å². The Labute approximate surface area is 206 Å². The Bertz CT molecular complexity index is 1480. The van der Waals surface area contributed by atoms with Gasteiger partial charge in [0.25, 0.3) is 11.5 Å². The van der Waals surface area contributed by atoms with Gasteiger partial charge >= 0.3 is 6.03 Å². The molecule has 1 aliphatic heterocycles. The van der Waals surface area contributed by atoms with Crippen molar-refractivity contribution in [1.82, 2.24) is 14.9 Å². The fourth-order valence-corrected chi connectivity index (χ4v) is 5.40. The maximum Gasteiger partial charge on any atom is 0.323 e. The van der Waals surface area contributed by atoms with Gasteiger partial charge in [-0.3, -0.25) is 14.2 Å². The first-order valence-electron chi connectivity index (χ1n) is 11.5. The molecular formula is C26H25N5O3S. The van der Waals surface area contributed by atoms with E-state index in [-0.39, 0.29) is 23.5 Å². The molecule has 1 unspecified atom stereocenters. The number of thiophene rings is 1. The fourth-order valence-electron chi connectivity index (χ4n) is 4.31. The molecule has 35 heavy (non-hydrogen) atoms. The number of nitrogens with zero attached hydrogens (tertiary/aromatic N) is 2. The molecule has 3 amide bonds. The van der Waals surface area contributed by atoms with Crippen molar-refractivity contribution in [3.8, 4) is 0 Å². The first-order valence-corrected chi connectivity index (χ1v) is 12.3. The fraction of sp³-hybridized carbons (Fsp3) is 0.231. The molecule has 8 nitrogen and oxygen atoms in total. The topological polar surface area (TPSA) is 105 Å². The number of nitrogens with one attached hydrogen (secondary N) is 3. The molecule has 0 aliphatic carbocycles. The lowest BCUT2D eigenvalue weighted by atomic mass is 10.1. The van der Waals surface area contributed by atoms with Crippen LogP contribution in [0.1, 0.15) is 46.0 Å². The maximum atomic E-state index is 13.1. The molecule has 0 radical (unpaired) electrons. The number of carbonyl (C=O) groups is 2. The highest BCUT2D eigenvalue weighted by Gasteiger charge is 2.24. The van der Waals surface area contributed by atoms with Crippen molar-refractivity contribution in [1.29, 1.82) is 0 Å². The van der Waals surface area contributed by atoms with Gasteiger partial charge < -0.3 is 16.0 Å². The van der Waals surface area contributed by atoms with Crippen LogP contribution in [0.15, 0.2) is 59.4 Å². The Morgan fingerprint density at radius 2 is 1.71 bits per heavy atom. The third-order valence-electron chi connectivity index (χ3n) is 6.17. The summed E-state index contributed by atoms with van der Waals surface area (Å²) < 4.78 is 1.72. The number of anilines is 2. The summed E-state index contributed by atoms with van der Waals surface area (Å²) in [6.45, 7) is 4.39. The van der Waals surface area contributed by atoms with Gasteiger partial charge in [0.2, 0.25) is 0 Å². The lowest BCUT2D eigenvalue weighted by Crippen LogP contribution is -2.26. The normalized spacial score (nSPS) is 13.3. The van der Waals surface area contributed by atoms with Crippen molar-refractivity contribution in [3.63, 3.8) is 0 Å². The van der Waals surface area contributed by atoms with E-state index in [1.807, 2.05) is 56.3 Å². The maximum absolute atomic E-state index is 13.1. The molecule has 0 spiro atoms. The Kier molecular flexibility index (Phi) is 6.08. The summed E-state index contributed by atoms with van der Waals surface area (Å²) in [7, 11) is 0. The van der Waals surface area contributed by atoms with E-state index in [1.54, 1.807) is 16.7 Å². The van der Waals surface area contributed by atoms with E-state index in [1.165, 1.54) is 11.3 Å². The van der Waals surface area contributed by atoms with E-state index in [2.05, 4.69) is 20.9 Å². The predicted molar refractivity (Wildman–Crippen MR) is 138 cm³/mol. The molecule has 3 N–H and O–H groups in total. The minimum Gasteiger partial charge on any atom is -0.345 e. The summed E-state index contributed by atoms with van der Waals surface area (Å²) in [5, 5.41) is 9.13. The SMILES string of the molecule is Cc1c(C(=O)NC(C)c2ccc(NC(=O)Nc3ccccc3)cc2)sc2nc3n(c(=O)c12)CCC3. The summed E-state index contributed by atoms with van der Waals surface area (Å²) in [6.07, 6.45) is 1.72. The quantitative estimate of drug-likeness (QED) is 0.374. The van der Waals surface area contributed by atoms with E-state index < -0.39 is 0 Å². The molecule has 9 heteroatoms. The molecule has 2 aromatic heterocycles. The number of hydrogen-bond acceptors (Lipinski definition) is 5. The zero-order valence-corrected chi connectivity index (χ0v) is 20.2. The second-order valence-electron chi connectivity index (χ2n) is 8.59. The lowest BCUT2D eigenvalue weighted by Gasteiger charge is -2.15. The standard InChI is InChI=1S/C26H25N5O3S/c1-15-21-24(30-20-9-6-14-31(20)25(21)33)35-22(15)23(32)27-16(2)17-10-12-19(13-11-17)29-26(34)28-18-7-4-3-5-8-18/h3-5,7-8,10-13,16H,6,9,14H2,1-2H3,(H,27,32)(H2,28,29,34). The highest BCUT2D eigenvalue weighted by atomic mass is 32.1. The van der Waals surface area contributed by atoms with E-state index in [0.29, 0.717) is 38.6 Å². The average molecular weight is 488 g/mol. The molecule has 1 atom stereocenters. The van der Waals surface area contributed by atoms with E-state index in [4.69, 9.17) is 0 Å². The first-order chi connectivity index (χ1) is 16.9. The minimum atomic E-state index is -0.332. The number of aryl methyl sites for hydroxylation is 2. The van der Waals surface area contributed by atoms with Crippen LogP contribution in [0.25, 0.3) is 10.2 Å². The zero-order valence-electron chi connectivity index (χ0n) is 19.4. The Morgan fingerprint density at radius 1 is 1.03 bits per heavy atom. The van der Waals surface area contributed by atoms with Gasteiger partial charge in [0, 0.05) is 24.3 Å². The number of aromatic nitrogens is 2. The number of benzene rings is 2. The molecule has 0 bridgehead atoms. The van der Waals surface area contributed by atoms with Crippen LogP contribution in [0.3, 0.4) is 0 Å². The van der Waals surface area contributed by atoms with Gasteiger partial charge in [0.05, 0.1) is 16.3 Å². The van der Waals surface area contributed by atoms with Crippen LogP contribution in [-0.2, 0) is 13.0 Å². The van der Waals surface area contributed by atoms with Gasteiger partial charge in [-0.05, 0) is 55.7 Å². The highest BCUT2D eigenvalue weighted by molar-refractivity contribution is 7.20. The van der Waals surface area contributed by atoms with Crippen molar-refractivity contribution in [3.05, 3.63) is 86.8 Å². The van der Waals surface area contributed by atoms with Crippen molar-refractivity contribution in [2.24, 2.45) is 0 Å². The first kappa shape index (κ1) is 22.8. The largest absolute Gasteiger partial charge is 0.345 e. The Morgan fingerprint density at radius 3 is 2.43 bits per heavy atom. The summed E-state index contributed by atoms with van der Waals surface area (Å²) in [6, 6.07) is 15.9. The average Bonchev–Trinajstić information content (AvgIpc) is 3.45. The van der Waals surface area contributed by atoms with Gasteiger partial charge in [0.1, 0.15) is 10.7 Å². The number of carbonyl (C=O) groups excluding carboxylic acids is 2. The number of amides is 3. The van der Waals surface area contributed by atoms with E-state index >= 15 is 0 Å². The van der Waals surface area contributed by atoms with Crippen molar-refractivity contribution in [2.75, 3.05) is 10.6 Å². The van der Waals surface area contributed by atoms with Crippen LogP contribution >= 0.6 is 11.3 Å². The summed E-state index contributed by atoms with van der Waals surface area (Å²) in [4.78, 5) is 43.9. The zero-order chi connectivity index (χ0) is 24.5. The molecule has 0 saturated carbocycles. The Balaban J connectivity index is 1.26. The number of rotatable bonds is 5. The van der Waals surface area contributed by atoms with Crippen LogP contribution in [0.5, 0.6) is 0 Å². The van der Waals surface area contributed by atoms with Gasteiger partial charge in [-0.15, -0.1) is 11.3 Å². The van der Waals surface area contributed by atoms with Gasteiger partial charge in [-0.1, -0.05) is 30.3 Å². The summed E-state index contributed by atoms with van der Waals surface area (Å²) in [5.74, 6) is 0.572. The molecule has 2 aromatic carbocycles. The number of fused-ring (bicyclic) bond motifs is 2. The summed E-state index contributed by atoms with van der Waals surface area (Å²) in [5.41, 5.74) is 2.86. The van der Waals surface area contributed by atoms with Crippen molar-refractivity contribution < 1.29 is 9.59 Å². The predicted octanol–water partition coefficient (Wildman–Crippen LogP) is 4.85. The van der Waals surface area contributed by atoms with Crippen molar-refractivity contribution >= 4 is 44.9 Å². The molecule has 0 fully saturated rings. The number of urea groups is 1. The smallest absolute Gasteiger partial charge is 0.323 e. The molecular weight excluding hydrogens is 462 g/mol. The molecule has 0 saturated heterocycles. The molecule has 4 aromatic rings. The molecule has 3 heterocycles. The van der Waals surface area contributed by atoms with Crippen LogP contribution < -0.4 is 21.5 Å². The number of para-hydroxylation sites is 1. The third-order valence-corrected chi connectivity index (χ3v) is 7.35. The summed E-state index contributed by atoms with van der Waals surface area (Å²) >= 11 is 1.27. The van der Waals surface area contributed by atoms with Crippen LogP contribution in [0.4, 0.5) is 16.2 Å². The highest BCUT2D eigenvalue weighted by Crippen LogP contribution is 2.29. The second-order valence-corrected chi connectivity index (χ2v) is 9.59. The van der Waals surface area contributed by atoms with Crippen LogP contribution in [-0.4, -0.2) is 21.5 Å². The van der Waals surface area contributed by atoms with Crippen LogP contribution in [0, 0.1) is 6.92 Å². The second kappa shape index (κ2) is 9.34. The van der Waals surface area contributed by atoms with Crippen LogP contribution in [0.2, 0.25) is 0 Å². The van der Waals surface area contributed by atoms with E-state index in [0.717, 1.165) is 24.2 Å². The molecule has 1 aliphatic rings. The van der Waals surface area contributed by atoms with Gasteiger partial charge in [-0.25, -0.2) is 9.78 Å². The third kappa shape index (κ3) is 4.54. The minimum absolute atomic E-state index is 0.0530. The molecule has 5 rings (SSSR count). The number of hydrogen-bond donors (Lipinski definition) is 3. The van der Waals surface area contributed by atoms with Gasteiger partial charge in [0.15, 0.2) is 0 Å². The monoisotopic (exact) mass is 487 g/mol. The van der Waals surface area contributed by atoms with Gasteiger partial charge in [-0.2, -0.15) is 0 Å².